The van der Waals surface area contributed by atoms with Gasteiger partial charge in [0, 0.05) is 10.2 Å². The third-order valence-electron chi connectivity index (χ3n) is 4.49. The number of hydrogen-bond acceptors (Lipinski definition) is 2. The van der Waals surface area contributed by atoms with Crippen LogP contribution in [0, 0.1) is 5.92 Å². The van der Waals surface area contributed by atoms with Gasteiger partial charge < -0.3 is 10.4 Å². The zero-order valence-electron chi connectivity index (χ0n) is 16.6. The number of hydrogen-bond donors (Lipinski definition) is 2. The van der Waals surface area contributed by atoms with Gasteiger partial charge in [-0.2, -0.15) is 0 Å². The Morgan fingerprint density at radius 3 is 1.96 bits per heavy atom. The van der Waals surface area contributed by atoms with E-state index in [1.807, 2.05) is 54.6 Å². The minimum absolute atomic E-state index is 0.0289. The summed E-state index contributed by atoms with van der Waals surface area (Å²) in [4.78, 5) is 20.4. The predicted octanol–water partition coefficient (Wildman–Crippen LogP) is 6.48. The highest BCUT2D eigenvalue weighted by Gasteiger charge is 2.19. The molecular formula is C23H30BrNO3. The van der Waals surface area contributed by atoms with Gasteiger partial charge in [0.25, 0.3) is 0 Å². The first-order valence-electron chi connectivity index (χ1n) is 9.67. The summed E-state index contributed by atoms with van der Waals surface area (Å²) < 4.78 is 1.13. The van der Waals surface area contributed by atoms with Crippen LogP contribution in [0.15, 0.2) is 59.1 Å². The van der Waals surface area contributed by atoms with Crippen LogP contribution in [0.4, 0.5) is 5.69 Å². The molecule has 0 heterocycles. The Morgan fingerprint density at radius 2 is 1.61 bits per heavy atom. The first-order chi connectivity index (χ1) is 13.4. The molecule has 28 heavy (non-hydrogen) atoms. The summed E-state index contributed by atoms with van der Waals surface area (Å²) in [5, 5.41) is 11.1. The number of carbonyl (C=O) groups excluding carboxylic acids is 1. The molecule has 0 aliphatic heterocycles. The monoisotopic (exact) mass is 447 g/mol. The SMILES string of the molecule is Brc1ccccc1.CC(C)c1ccc(NC=O)cc1.O=C(O)C1CCCCC1. The van der Waals surface area contributed by atoms with Crippen molar-refractivity contribution in [2.75, 3.05) is 5.32 Å². The molecule has 3 rings (SSSR count). The maximum Gasteiger partial charge on any atom is 0.306 e. The first kappa shape index (κ1) is 23.9. The van der Waals surface area contributed by atoms with Gasteiger partial charge in [0.05, 0.1) is 5.92 Å². The smallest absolute Gasteiger partial charge is 0.306 e. The van der Waals surface area contributed by atoms with Gasteiger partial charge in [0.15, 0.2) is 0 Å². The van der Waals surface area contributed by atoms with Crippen molar-refractivity contribution in [1.82, 2.24) is 0 Å². The standard InChI is InChI=1S/C10H13NO.C7H12O2.C6H5Br/c1-8(2)9-3-5-10(6-4-9)11-7-12;8-7(9)6-4-2-1-3-5-6;7-6-4-2-1-3-5-6/h3-8H,1-2H3,(H,11,12);6H,1-5H2,(H,8,9);1-5H. The number of carboxylic acids is 1. The van der Waals surface area contributed by atoms with Crippen molar-refractivity contribution >= 4 is 34.0 Å². The van der Waals surface area contributed by atoms with E-state index < -0.39 is 5.97 Å². The van der Waals surface area contributed by atoms with Crippen LogP contribution in [0.25, 0.3) is 0 Å². The van der Waals surface area contributed by atoms with Gasteiger partial charge in [-0.1, -0.05) is 79.4 Å². The number of halogens is 1. The summed E-state index contributed by atoms with van der Waals surface area (Å²) in [6, 6.07) is 17.8. The van der Waals surface area contributed by atoms with Crippen molar-refractivity contribution in [3.63, 3.8) is 0 Å². The van der Waals surface area contributed by atoms with Crippen LogP contribution in [-0.2, 0) is 9.59 Å². The number of benzene rings is 2. The van der Waals surface area contributed by atoms with E-state index in [4.69, 9.17) is 5.11 Å². The number of carbonyl (C=O) groups is 2. The quantitative estimate of drug-likeness (QED) is 0.526. The highest BCUT2D eigenvalue weighted by molar-refractivity contribution is 9.10. The Labute approximate surface area is 176 Å². The lowest BCUT2D eigenvalue weighted by Gasteiger charge is -2.16. The van der Waals surface area contributed by atoms with E-state index >= 15 is 0 Å². The molecule has 0 atom stereocenters. The zero-order chi connectivity index (χ0) is 20.8. The fraction of sp³-hybridized carbons (Fsp3) is 0.391. The number of rotatable bonds is 4. The van der Waals surface area contributed by atoms with Gasteiger partial charge in [-0.3, -0.25) is 9.59 Å². The van der Waals surface area contributed by atoms with Gasteiger partial charge >= 0.3 is 5.97 Å². The Hall–Kier alpha value is -2.14. The maximum absolute atomic E-state index is 10.4. The lowest BCUT2D eigenvalue weighted by Crippen LogP contribution is -2.16. The molecular weight excluding hydrogens is 418 g/mol. The molecule has 0 unspecified atom stereocenters. The summed E-state index contributed by atoms with van der Waals surface area (Å²) in [6.07, 6.45) is 5.92. The van der Waals surface area contributed by atoms with E-state index in [1.54, 1.807) is 0 Å². The summed E-state index contributed by atoms with van der Waals surface area (Å²) >= 11 is 3.31. The van der Waals surface area contributed by atoms with Crippen molar-refractivity contribution in [3.05, 3.63) is 64.6 Å². The molecule has 1 aliphatic carbocycles. The lowest BCUT2D eigenvalue weighted by molar-refractivity contribution is -0.142. The Kier molecular flexibility index (Phi) is 11.9. The number of amides is 1. The van der Waals surface area contributed by atoms with Crippen LogP contribution in [0.5, 0.6) is 0 Å². The summed E-state index contributed by atoms with van der Waals surface area (Å²) in [5.74, 6) is -0.0938. The molecule has 1 fully saturated rings. The molecule has 0 spiro atoms. The van der Waals surface area contributed by atoms with Gasteiger partial charge in [0.2, 0.25) is 6.41 Å². The molecule has 2 aromatic rings. The Bertz CT molecular complexity index is 681. The topological polar surface area (TPSA) is 66.4 Å². The van der Waals surface area contributed by atoms with Crippen LogP contribution < -0.4 is 5.32 Å². The second-order valence-corrected chi connectivity index (χ2v) is 7.92. The highest BCUT2D eigenvalue weighted by atomic mass is 79.9. The van der Waals surface area contributed by atoms with Crippen molar-refractivity contribution in [2.45, 2.75) is 51.9 Å². The maximum atomic E-state index is 10.4. The largest absolute Gasteiger partial charge is 0.481 e. The average molecular weight is 448 g/mol. The van der Waals surface area contributed by atoms with Crippen molar-refractivity contribution in [2.24, 2.45) is 5.92 Å². The predicted molar refractivity (Wildman–Crippen MR) is 119 cm³/mol. The van der Waals surface area contributed by atoms with Crippen LogP contribution >= 0.6 is 15.9 Å². The fourth-order valence-electron chi connectivity index (χ4n) is 2.80. The average Bonchev–Trinajstić information content (AvgIpc) is 2.71. The van der Waals surface area contributed by atoms with Crippen LogP contribution in [-0.4, -0.2) is 17.5 Å². The number of aliphatic carboxylic acids is 1. The molecule has 2 N–H and O–H groups in total. The second kappa shape index (κ2) is 13.9. The lowest BCUT2D eigenvalue weighted by atomic mass is 9.90. The molecule has 0 bridgehead atoms. The number of carboxylic acid groups (broad SMARTS) is 1. The number of anilines is 1. The normalized spacial score (nSPS) is 13.4. The van der Waals surface area contributed by atoms with Gasteiger partial charge in [-0.05, 0) is 48.6 Å². The second-order valence-electron chi connectivity index (χ2n) is 7.01. The molecule has 0 saturated heterocycles. The summed E-state index contributed by atoms with van der Waals surface area (Å²) in [6.45, 7) is 4.28. The van der Waals surface area contributed by atoms with Gasteiger partial charge in [-0.15, -0.1) is 0 Å². The molecule has 2 aromatic carbocycles. The number of nitrogens with one attached hydrogen (secondary N) is 1. The molecule has 1 amide bonds. The van der Waals surface area contributed by atoms with E-state index in [2.05, 4.69) is 35.1 Å². The van der Waals surface area contributed by atoms with Crippen LogP contribution in [0.1, 0.15) is 57.4 Å². The van der Waals surface area contributed by atoms with Crippen LogP contribution in [0.3, 0.4) is 0 Å². The van der Waals surface area contributed by atoms with E-state index in [0.717, 1.165) is 35.8 Å². The van der Waals surface area contributed by atoms with E-state index in [0.29, 0.717) is 12.3 Å². The summed E-state index contributed by atoms with van der Waals surface area (Å²) in [7, 11) is 0. The van der Waals surface area contributed by atoms with Crippen molar-refractivity contribution in [1.29, 1.82) is 0 Å². The first-order valence-corrected chi connectivity index (χ1v) is 10.5. The zero-order valence-corrected chi connectivity index (χ0v) is 18.2. The minimum Gasteiger partial charge on any atom is -0.481 e. The molecule has 1 aliphatic rings. The fourth-order valence-corrected chi connectivity index (χ4v) is 3.10. The van der Waals surface area contributed by atoms with Crippen LogP contribution in [0.2, 0.25) is 0 Å². The molecule has 0 aromatic heterocycles. The van der Waals surface area contributed by atoms with Crippen molar-refractivity contribution < 1.29 is 14.7 Å². The molecule has 5 heteroatoms. The van der Waals surface area contributed by atoms with Gasteiger partial charge in [0.1, 0.15) is 0 Å². The highest BCUT2D eigenvalue weighted by Crippen LogP contribution is 2.23. The molecule has 4 nitrogen and oxygen atoms in total. The summed E-state index contributed by atoms with van der Waals surface area (Å²) in [5.41, 5.74) is 2.13. The third kappa shape index (κ3) is 10.3. The Balaban J connectivity index is 0.000000218. The molecule has 1 saturated carbocycles. The Morgan fingerprint density at radius 1 is 1.04 bits per heavy atom. The third-order valence-corrected chi connectivity index (χ3v) is 5.02. The van der Waals surface area contributed by atoms with E-state index in [1.165, 1.54) is 12.0 Å². The van der Waals surface area contributed by atoms with Gasteiger partial charge in [-0.25, -0.2) is 0 Å². The molecule has 0 radical (unpaired) electrons. The minimum atomic E-state index is -0.602. The van der Waals surface area contributed by atoms with Crippen molar-refractivity contribution in [3.8, 4) is 0 Å². The van der Waals surface area contributed by atoms with E-state index in [-0.39, 0.29) is 5.92 Å². The molecule has 152 valence electrons. The van der Waals surface area contributed by atoms with E-state index in [9.17, 15) is 9.59 Å².